The molecule has 1 aromatic carbocycles. The van der Waals surface area contributed by atoms with Crippen molar-refractivity contribution in [3.05, 3.63) is 48.8 Å². The predicted octanol–water partition coefficient (Wildman–Crippen LogP) is 3.88. The number of nitrogens with two attached hydrogens (primary N) is 1. The average molecular weight is 410 g/mol. The van der Waals surface area contributed by atoms with Crippen LogP contribution >= 0.6 is 45.8 Å². The van der Waals surface area contributed by atoms with Gasteiger partial charge in [-0.3, -0.25) is 4.68 Å². The van der Waals surface area contributed by atoms with E-state index in [2.05, 4.69) is 27.7 Å². The zero-order valence-electron chi connectivity index (χ0n) is 10.6. The molecule has 2 rings (SSSR count). The van der Waals surface area contributed by atoms with Gasteiger partial charge < -0.3 is 5.73 Å². The quantitative estimate of drug-likeness (QED) is 0.781. The molecule has 2 aromatic rings. The van der Waals surface area contributed by atoms with Crippen LogP contribution in [-0.4, -0.2) is 9.78 Å². The van der Waals surface area contributed by atoms with Gasteiger partial charge in [-0.25, -0.2) is 0 Å². The minimum absolute atomic E-state index is 0.151. The Bertz CT molecular complexity index is 610. The summed E-state index contributed by atoms with van der Waals surface area (Å²) in [6.45, 7) is 1.89. The molecular weight excluding hydrogens is 396 g/mol. The lowest BCUT2D eigenvalue weighted by Crippen LogP contribution is -2.15. The highest BCUT2D eigenvalue weighted by Crippen LogP contribution is 2.27. The summed E-state index contributed by atoms with van der Waals surface area (Å²) in [6.07, 6.45) is 0.632. The molecule has 2 N–H and O–H groups in total. The highest BCUT2D eigenvalue weighted by molar-refractivity contribution is 14.1. The van der Waals surface area contributed by atoms with Crippen molar-refractivity contribution in [1.29, 1.82) is 0 Å². The summed E-state index contributed by atoms with van der Waals surface area (Å²) in [4.78, 5) is 0. The van der Waals surface area contributed by atoms with Gasteiger partial charge in [-0.2, -0.15) is 5.10 Å². The van der Waals surface area contributed by atoms with Crippen LogP contribution in [0.5, 0.6) is 0 Å². The fourth-order valence-electron chi connectivity index (χ4n) is 1.97. The lowest BCUT2D eigenvalue weighted by atomic mass is 10.0. The van der Waals surface area contributed by atoms with Gasteiger partial charge in [0.25, 0.3) is 0 Å². The maximum Gasteiger partial charge on any atom is 0.0847 e. The molecule has 0 saturated carbocycles. The number of halogens is 3. The number of hydrogen-bond donors (Lipinski definition) is 1. The fourth-order valence-corrected chi connectivity index (χ4v) is 2.73. The number of aromatic nitrogens is 2. The first-order valence-electron chi connectivity index (χ1n) is 5.78. The van der Waals surface area contributed by atoms with Crippen molar-refractivity contribution >= 4 is 45.8 Å². The van der Waals surface area contributed by atoms with E-state index in [0.29, 0.717) is 11.4 Å². The molecule has 0 aliphatic heterocycles. The molecule has 0 spiro atoms. The van der Waals surface area contributed by atoms with E-state index in [0.717, 1.165) is 25.5 Å². The minimum atomic E-state index is -0.151. The molecule has 0 amide bonds. The van der Waals surface area contributed by atoms with E-state index in [-0.39, 0.29) is 6.04 Å². The van der Waals surface area contributed by atoms with Crippen LogP contribution in [-0.2, 0) is 13.5 Å². The van der Waals surface area contributed by atoms with Gasteiger partial charge in [0, 0.05) is 23.1 Å². The van der Waals surface area contributed by atoms with E-state index in [1.807, 2.05) is 32.2 Å². The van der Waals surface area contributed by atoms with E-state index in [1.165, 1.54) is 0 Å². The summed E-state index contributed by atoms with van der Waals surface area (Å²) >= 11 is 14.6. The summed E-state index contributed by atoms with van der Waals surface area (Å²) in [5.41, 5.74) is 9.00. The topological polar surface area (TPSA) is 43.8 Å². The maximum absolute atomic E-state index is 6.24. The number of nitrogens with zero attached hydrogens (tertiary/aromatic N) is 2. The predicted molar refractivity (Wildman–Crippen MR) is 87.8 cm³/mol. The van der Waals surface area contributed by atoms with Crippen molar-refractivity contribution in [3.8, 4) is 0 Å². The molecule has 1 atom stereocenters. The molecule has 1 unspecified atom stereocenters. The normalized spacial score (nSPS) is 12.7. The number of benzene rings is 1. The van der Waals surface area contributed by atoms with Crippen LogP contribution < -0.4 is 5.73 Å². The van der Waals surface area contributed by atoms with Crippen molar-refractivity contribution in [2.75, 3.05) is 0 Å². The molecule has 6 heteroatoms. The molecule has 3 nitrogen and oxygen atoms in total. The van der Waals surface area contributed by atoms with Gasteiger partial charge >= 0.3 is 0 Å². The van der Waals surface area contributed by atoms with Gasteiger partial charge in [-0.1, -0.05) is 29.3 Å². The second-order valence-corrected chi connectivity index (χ2v) is 6.40. The molecule has 0 aliphatic rings. The highest BCUT2D eigenvalue weighted by Gasteiger charge is 2.16. The van der Waals surface area contributed by atoms with Gasteiger partial charge in [0.05, 0.1) is 21.4 Å². The van der Waals surface area contributed by atoms with Gasteiger partial charge in [0.2, 0.25) is 0 Å². The van der Waals surface area contributed by atoms with Crippen LogP contribution in [0.25, 0.3) is 0 Å². The molecular formula is C13H14Cl2IN3. The lowest BCUT2D eigenvalue weighted by molar-refractivity contribution is 0.640. The lowest BCUT2D eigenvalue weighted by Gasteiger charge is -2.13. The van der Waals surface area contributed by atoms with Crippen molar-refractivity contribution in [2.24, 2.45) is 12.8 Å². The molecule has 0 aliphatic carbocycles. The Morgan fingerprint density at radius 2 is 2.11 bits per heavy atom. The molecule has 1 aromatic heterocycles. The first-order valence-corrected chi connectivity index (χ1v) is 7.62. The second kappa shape index (κ2) is 5.99. The van der Waals surface area contributed by atoms with Gasteiger partial charge in [0.15, 0.2) is 0 Å². The van der Waals surface area contributed by atoms with Gasteiger partial charge in [-0.05, 0) is 47.2 Å². The van der Waals surface area contributed by atoms with Crippen molar-refractivity contribution in [2.45, 2.75) is 19.4 Å². The first kappa shape index (κ1) is 15.1. The third kappa shape index (κ3) is 3.24. The summed E-state index contributed by atoms with van der Waals surface area (Å²) in [6, 6.07) is 5.72. The number of hydrogen-bond acceptors (Lipinski definition) is 2. The van der Waals surface area contributed by atoms with Crippen LogP contribution in [0, 0.1) is 10.5 Å². The third-order valence-corrected chi connectivity index (χ3v) is 5.11. The molecule has 19 heavy (non-hydrogen) atoms. The first-order chi connectivity index (χ1) is 8.90. The summed E-state index contributed by atoms with van der Waals surface area (Å²) < 4.78 is 2.80. The molecule has 0 fully saturated rings. The molecule has 0 bridgehead atoms. The Hall–Kier alpha value is -0.300. The largest absolute Gasteiger partial charge is 0.324 e. The van der Waals surface area contributed by atoms with Crippen LogP contribution in [0.15, 0.2) is 18.2 Å². The van der Waals surface area contributed by atoms with Gasteiger partial charge in [0.1, 0.15) is 0 Å². The monoisotopic (exact) mass is 409 g/mol. The Morgan fingerprint density at radius 3 is 2.63 bits per heavy atom. The summed E-state index contributed by atoms with van der Waals surface area (Å²) in [5, 5.41) is 5.70. The molecule has 102 valence electrons. The average Bonchev–Trinajstić information content (AvgIpc) is 2.59. The Labute approximate surface area is 136 Å². The Morgan fingerprint density at radius 1 is 1.42 bits per heavy atom. The summed E-state index contributed by atoms with van der Waals surface area (Å²) in [5.74, 6) is 0. The number of rotatable bonds is 3. The van der Waals surface area contributed by atoms with Crippen LogP contribution in [0.3, 0.4) is 0 Å². The van der Waals surface area contributed by atoms with E-state index < -0.39 is 0 Å². The van der Waals surface area contributed by atoms with Crippen molar-refractivity contribution in [1.82, 2.24) is 9.78 Å². The number of aryl methyl sites for hydroxylation is 2. The van der Waals surface area contributed by atoms with Gasteiger partial charge in [-0.15, -0.1) is 0 Å². The molecule has 0 saturated heterocycles. The fraction of sp³-hybridized carbons (Fsp3) is 0.308. The zero-order chi connectivity index (χ0) is 14.2. The Kier molecular flexibility index (Phi) is 4.76. The van der Waals surface area contributed by atoms with E-state index >= 15 is 0 Å². The van der Waals surface area contributed by atoms with E-state index in [9.17, 15) is 0 Å². The maximum atomic E-state index is 6.24. The Balaban J connectivity index is 2.25. The zero-order valence-corrected chi connectivity index (χ0v) is 14.3. The standard InChI is InChI=1S/C13H14Cl2IN3/c1-7-13(15)12(19(2)18-7)6-11(17)8-3-4-10(16)9(14)5-8/h3-5,11H,6,17H2,1-2H3. The molecule has 1 heterocycles. The van der Waals surface area contributed by atoms with E-state index in [4.69, 9.17) is 28.9 Å². The molecule has 0 radical (unpaired) electrons. The SMILES string of the molecule is Cc1nn(C)c(CC(N)c2ccc(I)c(Cl)c2)c1Cl. The minimum Gasteiger partial charge on any atom is -0.324 e. The van der Waals surface area contributed by atoms with E-state index in [1.54, 1.807) is 4.68 Å². The summed E-state index contributed by atoms with van der Waals surface area (Å²) in [7, 11) is 1.88. The van der Waals surface area contributed by atoms with Crippen LogP contribution in [0.1, 0.15) is 23.0 Å². The van der Waals surface area contributed by atoms with Crippen molar-refractivity contribution < 1.29 is 0 Å². The third-order valence-electron chi connectivity index (χ3n) is 3.05. The second-order valence-electron chi connectivity index (χ2n) is 4.45. The smallest absolute Gasteiger partial charge is 0.0847 e. The highest BCUT2D eigenvalue weighted by atomic mass is 127. The van der Waals surface area contributed by atoms with Crippen LogP contribution in [0.4, 0.5) is 0 Å². The van der Waals surface area contributed by atoms with Crippen molar-refractivity contribution in [3.63, 3.8) is 0 Å². The van der Waals surface area contributed by atoms with Crippen LogP contribution in [0.2, 0.25) is 10.0 Å².